The van der Waals surface area contributed by atoms with Crippen molar-refractivity contribution in [1.82, 2.24) is 14.8 Å². The van der Waals surface area contributed by atoms with Gasteiger partial charge in [-0.1, -0.05) is 35.4 Å². The standard InChI is InChI=1S/C23H18ClFN4O/c1-14-6-12-18(13-7-14)26-23(30)21-27-22(16-8-10-17(25)11-9-16)29(28-21)20-5-3-4-19(24)15(20)2/h3-13H,1-2H3,(H,26,30). The van der Waals surface area contributed by atoms with Gasteiger partial charge in [-0.3, -0.25) is 4.79 Å². The molecule has 4 aromatic rings. The second-order valence-corrected chi connectivity index (χ2v) is 7.29. The van der Waals surface area contributed by atoms with Crippen LogP contribution in [0.1, 0.15) is 21.7 Å². The molecule has 0 aliphatic heterocycles. The Hall–Kier alpha value is -3.51. The third-order valence-electron chi connectivity index (χ3n) is 4.69. The van der Waals surface area contributed by atoms with Gasteiger partial charge in [-0.25, -0.2) is 14.1 Å². The number of aromatic nitrogens is 3. The van der Waals surface area contributed by atoms with Crippen molar-refractivity contribution in [2.24, 2.45) is 0 Å². The SMILES string of the molecule is Cc1ccc(NC(=O)c2nc(-c3ccc(F)cc3)n(-c3cccc(Cl)c3C)n2)cc1. The third-order valence-corrected chi connectivity index (χ3v) is 5.10. The molecule has 0 bridgehead atoms. The zero-order valence-corrected chi connectivity index (χ0v) is 17.1. The minimum absolute atomic E-state index is 0.00530. The molecule has 4 rings (SSSR count). The van der Waals surface area contributed by atoms with Gasteiger partial charge in [0.1, 0.15) is 5.82 Å². The highest BCUT2D eigenvalue weighted by Gasteiger charge is 2.20. The zero-order valence-electron chi connectivity index (χ0n) is 16.4. The number of carbonyl (C=O) groups excluding carboxylic acids is 1. The summed E-state index contributed by atoms with van der Waals surface area (Å²) >= 11 is 6.28. The van der Waals surface area contributed by atoms with Gasteiger partial charge in [0, 0.05) is 16.3 Å². The summed E-state index contributed by atoms with van der Waals surface area (Å²) < 4.78 is 15.0. The monoisotopic (exact) mass is 420 g/mol. The molecule has 3 aromatic carbocycles. The second kappa shape index (κ2) is 8.08. The number of carbonyl (C=O) groups is 1. The molecule has 1 aromatic heterocycles. The van der Waals surface area contributed by atoms with Gasteiger partial charge < -0.3 is 5.32 Å². The number of benzene rings is 3. The van der Waals surface area contributed by atoms with Crippen molar-refractivity contribution in [3.8, 4) is 17.1 Å². The Kier molecular flexibility index (Phi) is 5.33. The number of nitrogens with one attached hydrogen (secondary N) is 1. The molecule has 0 fully saturated rings. The highest BCUT2D eigenvalue weighted by atomic mass is 35.5. The van der Waals surface area contributed by atoms with Crippen molar-refractivity contribution >= 4 is 23.2 Å². The van der Waals surface area contributed by atoms with Crippen LogP contribution in [-0.2, 0) is 0 Å². The van der Waals surface area contributed by atoms with Crippen LogP contribution in [-0.4, -0.2) is 20.7 Å². The van der Waals surface area contributed by atoms with E-state index in [1.54, 1.807) is 28.9 Å². The van der Waals surface area contributed by atoms with Crippen molar-refractivity contribution in [2.45, 2.75) is 13.8 Å². The van der Waals surface area contributed by atoms with Gasteiger partial charge in [0.15, 0.2) is 5.82 Å². The first-order valence-corrected chi connectivity index (χ1v) is 9.66. The molecule has 30 heavy (non-hydrogen) atoms. The van der Waals surface area contributed by atoms with E-state index >= 15 is 0 Å². The molecule has 1 heterocycles. The lowest BCUT2D eigenvalue weighted by Crippen LogP contribution is -2.14. The van der Waals surface area contributed by atoms with Gasteiger partial charge in [0.05, 0.1) is 5.69 Å². The molecular weight excluding hydrogens is 403 g/mol. The molecule has 5 nitrogen and oxygen atoms in total. The molecular formula is C23H18ClFN4O. The molecule has 0 aliphatic carbocycles. The van der Waals surface area contributed by atoms with E-state index in [2.05, 4.69) is 15.4 Å². The highest BCUT2D eigenvalue weighted by molar-refractivity contribution is 6.31. The summed E-state index contributed by atoms with van der Waals surface area (Å²) in [5.41, 5.74) is 3.83. The summed E-state index contributed by atoms with van der Waals surface area (Å²) in [5, 5.41) is 7.80. The number of nitrogens with zero attached hydrogens (tertiary/aromatic N) is 3. The average Bonchev–Trinajstić information content (AvgIpc) is 3.17. The van der Waals surface area contributed by atoms with Crippen LogP contribution in [0.2, 0.25) is 5.02 Å². The smallest absolute Gasteiger partial charge is 0.295 e. The Morgan fingerprint density at radius 3 is 2.40 bits per heavy atom. The Balaban J connectivity index is 1.79. The fourth-order valence-corrected chi connectivity index (χ4v) is 3.18. The maximum atomic E-state index is 13.4. The van der Waals surface area contributed by atoms with Gasteiger partial charge >= 0.3 is 0 Å². The van der Waals surface area contributed by atoms with Crippen LogP contribution in [0.25, 0.3) is 17.1 Å². The molecule has 7 heteroatoms. The molecule has 0 atom stereocenters. The molecule has 150 valence electrons. The minimum Gasteiger partial charge on any atom is -0.319 e. The van der Waals surface area contributed by atoms with E-state index in [4.69, 9.17) is 11.6 Å². The van der Waals surface area contributed by atoms with Gasteiger partial charge in [0.25, 0.3) is 5.91 Å². The molecule has 1 amide bonds. The lowest BCUT2D eigenvalue weighted by Gasteiger charge is -2.10. The van der Waals surface area contributed by atoms with Gasteiger partial charge in [-0.15, -0.1) is 5.10 Å². The topological polar surface area (TPSA) is 59.8 Å². The van der Waals surface area contributed by atoms with Crippen LogP contribution >= 0.6 is 11.6 Å². The largest absolute Gasteiger partial charge is 0.319 e. The van der Waals surface area contributed by atoms with Crippen molar-refractivity contribution in [2.75, 3.05) is 5.32 Å². The van der Waals surface area contributed by atoms with Crippen molar-refractivity contribution in [1.29, 1.82) is 0 Å². The first-order valence-electron chi connectivity index (χ1n) is 9.29. The number of aryl methyl sites for hydroxylation is 1. The maximum Gasteiger partial charge on any atom is 0.295 e. The summed E-state index contributed by atoms with van der Waals surface area (Å²) in [4.78, 5) is 17.2. The summed E-state index contributed by atoms with van der Waals surface area (Å²) in [6, 6.07) is 18.7. The Morgan fingerprint density at radius 2 is 1.70 bits per heavy atom. The van der Waals surface area contributed by atoms with E-state index in [1.807, 2.05) is 44.2 Å². The predicted octanol–water partition coefficient (Wildman–Crippen LogP) is 5.60. The molecule has 1 N–H and O–H groups in total. The van der Waals surface area contributed by atoms with E-state index in [0.717, 1.165) is 11.1 Å². The lowest BCUT2D eigenvalue weighted by molar-refractivity contribution is 0.101. The van der Waals surface area contributed by atoms with Crippen LogP contribution < -0.4 is 5.32 Å². The fraction of sp³-hybridized carbons (Fsp3) is 0.0870. The molecule has 0 saturated heterocycles. The summed E-state index contributed by atoms with van der Waals surface area (Å²) in [6.45, 7) is 3.83. The Morgan fingerprint density at radius 1 is 1.00 bits per heavy atom. The highest BCUT2D eigenvalue weighted by Crippen LogP contribution is 2.27. The van der Waals surface area contributed by atoms with Crippen LogP contribution in [0, 0.1) is 19.7 Å². The van der Waals surface area contributed by atoms with Gasteiger partial charge in [-0.05, 0) is 67.9 Å². The lowest BCUT2D eigenvalue weighted by atomic mass is 10.1. The van der Waals surface area contributed by atoms with Crippen LogP contribution in [0.3, 0.4) is 0 Å². The fourth-order valence-electron chi connectivity index (χ4n) is 3.01. The second-order valence-electron chi connectivity index (χ2n) is 6.88. The number of anilines is 1. The van der Waals surface area contributed by atoms with E-state index in [0.29, 0.717) is 27.8 Å². The first kappa shape index (κ1) is 19.8. The summed E-state index contributed by atoms with van der Waals surface area (Å²) in [7, 11) is 0. The predicted molar refractivity (Wildman–Crippen MR) is 116 cm³/mol. The van der Waals surface area contributed by atoms with Crippen molar-refractivity contribution < 1.29 is 9.18 Å². The molecule has 0 saturated carbocycles. The number of hydrogen-bond donors (Lipinski definition) is 1. The average molecular weight is 421 g/mol. The first-order chi connectivity index (χ1) is 14.4. The maximum absolute atomic E-state index is 13.4. The number of amides is 1. The van der Waals surface area contributed by atoms with Crippen molar-refractivity contribution in [3.05, 3.63) is 94.5 Å². The van der Waals surface area contributed by atoms with Crippen LogP contribution in [0.5, 0.6) is 0 Å². The van der Waals surface area contributed by atoms with E-state index in [-0.39, 0.29) is 11.6 Å². The number of hydrogen-bond acceptors (Lipinski definition) is 3. The summed E-state index contributed by atoms with van der Waals surface area (Å²) in [5.74, 6) is -0.398. The molecule has 0 aliphatic rings. The zero-order chi connectivity index (χ0) is 21.3. The van der Waals surface area contributed by atoms with Crippen molar-refractivity contribution in [3.63, 3.8) is 0 Å². The normalized spacial score (nSPS) is 10.8. The number of halogens is 2. The molecule has 0 spiro atoms. The van der Waals surface area contributed by atoms with Gasteiger partial charge in [-0.2, -0.15) is 0 Å². The van der Waals surface area contributed by atoms with Crippen LogP contribution in [0.15, 0.2) is 66.7 Å². The summed E-state index contributed by atoms with van der Waals surface area (Å²) in [6.07, 6.45) is 0. The van der Waals surface area contributed by atoms with Gasteiger partial charge in [0.2, 0.25) is 5.82 Å². The van der Waals surface area contributed by atoms with Crippen LogP contribution in [0.4, 0.5) is 10.1 Å². The Labute approximate surface area is 178 Å². The molecule has 0 unspecified atom stereocenters. The van der Waals surface area contributed by atoms with E-state index in [1.165, 1.54) is 12.1 Å². The quantitative estimate of drug-likeness (QED) is 0.467. The van der Waals surface area contributed by atoms with E-state index < -0.39 is 5.91 Å². The number of rotatable bonds is 4. The minimum atomic E-state index is -0.444. The molecule has 0 radical (unpaired) electrons. The Bertz CT molecular complexity index is 1220. The third kappa shape index (κ3) is 3.95. The van der Waals surface area contributed by atoms with E-state index in [9.17, 15) is 9.18 Å².